The average Bonchev–Trinajstić information content (AvgIpc) is 3.18. The standard InChI is InChI=1S/C17H21N5O2/c1-10(2)7-18-17(24)12-4-5-15-13(6-12)14(8-22(15)11(3)23)16-19-9-20-21-16/h4-6,9-10,14H,7-8H2,1-3H3,(H,18,24)(H,19,20,21)/t14-/m0/s1. The van der Waals surface area contributed by atoms with Crippen LogP contribution in [0.4, 0.5) is 5.69 Å². The average molecular weight is 327 g/mol. The zero-order valence-electron chi connectivity index (χ0n) is 14.0. The highest BCUT2D eigenvalue weighted by molar-refractivity contribution is 5.98. The van der Waals surface area contributed by atoms with Crippen LogP contribution in [0.3, 0.4) is 0 Å². The van der Waals surface area contributed by atoms with Crippen molar-refractivity contribution in [2.45, 2.75) is 26.7 Å². The van der Waals surface area contributed by atoms with E-state index in [2.05, 4.69) is 20.5 Å². The van der Waals surface area contributed by atoms with Gasteiger partial charge in [0.25, 0.3) is 5.91 Å². The smallest absolute Gasteiger partial charge is 0.251 e. The Balaban J connectivity index is 1.94. The van der Waals surface area contributed by atoms with E-state index in [1.807, 2.05) is 26.0 Å². The highest BCUT2D eigenvalue weighted by Gasteiger charge is 2.34. The third-order valence-electron chi connectivity index (χ3n) is 4.14. The summed E-state index contributed by atoms with van der Waals surface area (Å²) >= 11 is 0. The molecule has 2 heterocycles. The Morgan fingerprint density at radius 1 is 1.42 bits per heavy atom. The van der Waals surface area contributed by atoms with Gasteiger partial charge in [-0.1, -0.05) is 13.8 Å². The first-order valence-electron chi connectivity index (χ1n) is 8.03. The Bertz CT molecular complexity index is 754. The maximum atomic E-state index is 12.3. The number of hydrogen-bond acceptors (Lipinski definition) is 4. The molecule has 2 amide bonds. The van der Waals surface area contributed by atoms with Crippen molar-refractivity contribution >= 4 is 17.5 Å². The van der Waals surface area contributed by atoms with Crippen molar-refractivity contribution in [3.63, 3.8) is 0 Å². The van der Waals surface area contributed by atoms with E-state index in [1.54, 1.807) is 11.0 Å². The molecule has 0 bridgehead atoms. The second kappa shape index (κ2) is 6.43. The molecule has 24 heavy (non-hydrogen) atoms. The number of nitrogens with zero attached hydrogens (tertiary/aromatic N) is 3. The first-order chi connectivity index (χ1) is 11.5. The van der Waals surface area contributed by atoms with Crippen LogP contribution in [0, 0.1) is 5.92 Å². The van der Waals surface area contributed by atoms with Gasteiger partial charge in [0.2, 0.25) is 5.91 Å². The Hall–Kier alpha value is -2.70. The summed E-state index contributed by atoms with van der Waals surface area (Å²) < 4.78 is 0. The molecule has 0 saturated carbocycles. The molecular formula is C17H21N5O2. The number of H-pyrrole nitrogens is 1. The van der Waals surface area contributed by atoms with Crippen LogP contribution in [0.5, 0.6) is 0 Å². The quantitative estimate of drug-likeness (QED) is 0.894. The van der Waals surface area contributed by atoms with Crippen LogP contribution < -0.4 is 10.2 Å². The molecule has 126 valence electrons. The van der Waals surface area contributed by atoms with Gasteiger partial charge in [0.15, 0.2) is 0 Å². The Kier molecular flexibility index (Phi) is 4.33. The third-order valence-corrected chi connectivity index (χ3v) is 4.14. The number of aromatic amines is 1. The van der Waals surface area contributed by atoms with Gasteiger partial charge in [-0.2, -0.15) is 5.10 Å². The van der Waals surface area contributed by atoms with E-state index in [9.17, 15) is 9.59 Å². The van der Waals surface area contributed by atoms with E-state index in [4.69, 9.17) is 0 Å². The Morgan fingerprint density at radius 3 is 2.83 bits per heavy atom. The first-order valence-corrected chi connectivity index (χ1v) is 8.03. The number of rotatable bonds is 4. The van der Waals surface area contributed by atoms with Crippen LogP contribution in [0.15, 0.2) is 24.5 Å². The number of nitrogens with one attached hydrogen (secondary N) is 2. The summed E-state index contributed by atoms with van der Waals surface area (Å²) in [5, 5.41) is 9.68. The molecular weight excluding hydrogens is 306 g/mol. The van der Waals surface area contributed by atoms with Gasteiger partial charge in [0.05, 0.1) is 5.92 Å². The van der Waals surface area contributed by atoms with E-state index < -0.39 is 0 Å². The minimum absolute atomic E-state index is 0.0322. The fraction of sp³-hybridized carbons (Fsp3) is 0.412. The Morgan fingerprint density at radius 2 is 2.21 bits per heavy atom. The lowest BCUT2D eigenvalue weighted by atomic mass is 9.98. The number of aromatic nitrogens is 3. The molecule has 3 rings (SSSR count). The summed E-state index contributed by atoms with van der Waals surface area (Å²) in [5.74, 6) is 0.835. The van der Waals surface area contributed by atoms with Gasteiger partial charge in [0.1, 0.15) is 12.2 Å². The van der Waals surface area contributed by atoms with Gasteiger partial charge in [-0.25, -0.2) is 4.98 Å². The van der Waals surface area contributed by atoms with Crippen LogP contribution >= 0.6 is 0 Å². The summed E-state index contributed by atoms with van der Waals surface area (Å²) in [6.07, 6.45) is 1.45. The first kappa shape index (κ1) is 16.2. The number of carbonyl (C=O) groups is 2. The van der Waals surface area contributed by atoms with Crippen molar-refractivity contribution in [2.75, 3.05) is 18.0 Å². The minimum atomic E-state index is -0.107. The van der Waals surface area contributed by atoms with Gasteiger partial charge in [-0.15, -0.1) is 0 Å². The largest absolute Gasteiger partial charge is 0.352 e. The number of anilines is 1. The van der Waals surface area contributed by atoms with Gasteiger partial charge >= 0.3 is 0 Å². The molecule has 1 aromatic heterocycles. The third kappa shape index (κ3) is 3.02. The zero-order valence-corrected chi connectivity index (χ0v) is 14.0. The molecule has 1 atom stereocenters. The molecule has 7 nitrogen and oxygen atoms in total. The fourth-order valence-electron chi connectivity index (χ4n) is 2.91. The molecule has 7 heteroatoms. The topological polar surface area (TPSA) is 91.0 Å². The van der Waals surface area contributed by atoms with Gasteiger partial charge < -0.3 is 10.2 Å². The molecule has 0 fully saturated rings. The second-order valence-electron chi connectivity index (χ2n) is 6.43. The summed E-state index contributed by atoms with van der Waals surface area (Å²) in [6, 6.07) is 5.44. The van der Waals surface area contributed by atoms with E-state index in [0.717, 1.165) is 11.3 Å². The van der Waals surface area contributed by atoms with Crippen molar-refractivity contribution in [2.24, 2.45) is 5.92 Å². The van der Waals surface area contributed by atoms with Gasteiger partial charge in [-0.3, -0.25) is 14.7 Å². The highest BCUT2D eigenvalue weighted by Crippen LogP contribution is 2.39. The fourth-order valence-corrected chi connectivity index (χ4v) is 2.91. The van der Waals surface area contributed by atoms with E-state index in [0.29, 0.717) is 30.4 Å². The number of amides is 2. The van der Waals surface area contributed by atoms with Crippen LogP contribution in [-0.4, -0.2) is 40.1 Å². The van der Waals surface area contributed by atoms with E-state index in [-0.39, 0.29) is 17.7 Å². The molecule has 0 aliphatic carbocycles. The zero-order chi connectivity index (χ0) is 17.3. The molecule has 0 spiro atoms. The van der Waals surface area contributed by atoms with Gasteiger partial charge in [-0.05, 0) is 29.7 Å². The molecule has 2 N–H and O–H groups in total. The van der Waals surface area contributed by atoms with E-state index >= 15 is 0 Å². The van der Waals surface area contributed by atoms with E-state index in [1.165, 1.54) is 13.3 Å². The lowest BCUT2D eigenvalue weighted by Crippen LogP contribution is -2.27. The summed E-state index contributed by atoms with van der Waals surface area (Å²) in [7, 11) is 0. The molecule has 1 aliphatic heterocycles. The number of carbonyl (C=O) groups excluding carboxylic acids is 2. The second-order valence-corrected chi connectivity index (χ2v) is 6.43. The van der Waals surface area contributed by atoms with Crippen LogP contribution in [0.1, 0.15) is 48.4 Å². The van der Waals surface area contributed by atoms with Crippen molar-refractivity contribution in [3.05, 3.63) is 41.5 Å². The highest BCUT2D eigenvalue weighted by atomic mass is 16.2. The summed E-state index contributed by atoms with van der Waals surface area (Å²) in [5.41, 5.74) is 2.33. The summed E-state index contributed by atoms with van der Waals surface area (Å²) in [6.45, 7) is 6.76. The van der Waals surface area contributed by atoms with Crippen molar-refractivity contribution in [1.29, 1.82) is 0 Å². The predicted molar refractivity (Wildman–Crippen MR) is 89.9 cm³/mol. The molecule has 1 aliphatic rings. The Labute approximate surface area is 140 Å². The molecule has 0 unspecified atom stereocenters. The number of fused-ring (bicyclic) bond motifs is 1. The minimum Gasteiger partial charge on any atom is -0.352 e. The number of hydrogen-bond donors (Lipinski definition) is 2. The monoisotopic (exact) mass is 327 g/mol. The normalized spacial score (nSPS) is 16.3. The molecule has 2 aromatic rings. The van der Waals surface area contributed by atoms with Crippen LogP contribution in [0.2, 0.25) is 0 Å². The lowest BCUT2D eigenvalue weighted by Gasteiger charge is -2.15. The van der Waals surface area contributed by atoms with Crippen LogP contribution in [-0.2, 0) is 4.79 Å². The lowest BCUT2D eigenvalue weighted by molar-refractivity contribution is -0.116. The number of benzene rings is 1. The van der Waals surface area contributed by atoms with Crippen LogP contribution in [0.25, 0.3) is 0 Å². The molecule has 0 saturated heterocycles. The summed E-state index contributed by atoms with van der Waals surface area (Å²) in [4.78, 5) is 30.2. The van der Waals surface area contributed by atoms with Crippen molar-refractivity contribution in [1.82, 2.24) is 20.5 Å². The predicted octanol–water partition coefficient (Wildman–Crippen LogP) is 1.69. The maximum absolute atomic E-state index is 12.3. The molecule has 1 aromatic carbocycles. The molecule has 0 radical (unpaired) electrons. The maximum Gasteiger partial charge on any atom is 0.251 e. The van der Waals surface area contributed by atoms with Gasteiger partial charge in [0, 0.05) is 31.3 Å². The van der Waals surface area contributed by atoms with Crippen molar-refractivity contribution in [3.8, 4) is 0 Å². The SMILES string of the molecule is CC(=O)N1C[C@H](c2ncn[nH]2)c2cc(C(=O)NCC(C)C)ccc21. The van der Waals surface area contributed by atoms with Crippen molar-refractivity contribution < 1.29 is 9.59 Å².